The smallest absolute Gasteiger partial charge is 0.339 e. The predicted molar refractivity (Wildman–Crippen MR) is 249 cm³/mol. The van der Waals surface area contributed by atoms with Crippen LogP contribution in [0.5, 0.6) is 23.0 Å². The summed E-state index contributed by atoms with van der Waals surface area (Å²) in [7, 11) is 0. The molecule has 15 nitrogen and oxygen atoms in total. The third-order valence-corrected chi connectivity index (χ3v) is 11.7. The molecule has 5 rings (SSSR count). The van der Waals surface area contributed by atoms with E-state index in [1.807, 2.05) is 0 Å². The van der Waals surface area contributed by atoms with E-state index >= 15 is 0 Å². The van der Waals surface area contributed by atoms with Gasteiger partial charge < -0.3 is 37.9 Å². The van der Waals surface area contributed by atoms with Crippen molar-refractivity contribution >= 4 is 42.1 Å². The lowest BCUT2D eigenvalue weighted by molar-refractivity contribution is -0.141. The first-order chi connectivity index (χ1) is 33.0. The number of unbranched alkanes of at least 4 members (excludes halogenated alkanes) is 6. The zero-order valence-electron chi connectivity index (χ0n) is 38.6. The molecule has 3 aromatic rings. The summed E-state index contributed by atoms with van der Waals surface area (Å²) in [6.07, 6.45) is 12.6. The number of ether oxygens (including phenoxy) is 8. The van der Waals surface area contributed by atoms with Crippen molar-refractivity contribution in [2.75, 3.05) is 26.4 Å². The molecule has 2 saturated carbocycles. The minimum absolute atomic E-state index is 0.0160. The molecule has 0 bridgehead atoms. The quantitative estimate of drug-likeness (QED) is 0.0175. The van der Waals surface area contributed by atoms with Crippen molar-refractivity contribution in [2.24, 2.45) is 11.8 Å². The zero-order chi connectivity index (χ0) is 48.5. The number of esters is 6. The van der Waals surface area contributed by atoms with Gasteiger partial charge in [-0.3, -0.25) is 14.4 Å². The molecule has 0 amide bonds. The van der Waals surface area contributed by atoms with E-state index in [-0.39, 0.29) is 34.9 Å². The van der Waals surface area contributed by atoms with Gasteiger partial charge in [0.25, 0.3) is 0 Å². The van der Waals surface area contributed by atoms with E-state index in [1.165, 1.54) is 18.2 Å². The van der Waals surface area contributed by atoms with Gasteiger partial charge in [-0.2, -0.15) is 0 Å². The molecule has 0 heterocycles. The minimum Gasteiger partial charge on any atom is -0.494 e. The van der Waals surface area contributed by atoms with Crippen molar-refractivity contribution in [2.45, 2.75) is 115 Å². The molecule has 0 aliphatic heterocycles. The van der Waals surface area contributed by atoms with Crippen LogP contribution in [0, 0.1) is 11.8 Å². The number of aldehydes is 1. The third-order valence-electron chi connectivity index (χ3n) is 11.7. The van der Waals surface area contributed by atoms with Gasteiger partial charge in [0.05, 0.1) is 49.4 Å². The maximum atomic E-state index is 13.2. The molecular formula is C53H62O15. The molecule has 0 N–H and O–H groups in total. The lowest BCUT2D eigenvalue weighted by Gasteiger charge is -2.27. The van der Waals surface area contributed by atoms with Gasteiger partial charge in [-0.1, -0.05) is 13.2 Å². The van der Waals surface area contributed by atoms with Crippen LogP contribution >= 0.6 is 0 Å². The van der Waals surface area contributed by atoms with Gasteiger partial charge in [0.2, 0.25) is 0 Å². The van der Waals surface area contributed by atoms with Crippen molar-refractivity contribution in [3.8, 4) is 23.0 Å². The number of rotatable bonds is 27. The summed E-state index contributed by atoms with van der Waals surface area (Å²) in [5.74, 6) is -1.79. The molecule has 0 unspecified atom stereocenters. The average Bonchev–Trinajstić information content (AvgIpc) is 3.36. The number of hydrogen-bond acceptors (Lipinski definition) is 15. The summed E-state index contributed by atoms with van der Waals surface area (Å²) in [4.78, 5) is 86.3. The Morgan fingerprint density at radius 1 is 0.485 bits per heavy atom. The standard InChI is InChI=1S/C53H62O15/c1-3-48(55)63-33-11-7-5-9-31-61-41-19-13-37(14-20-41)50(57)65-43-21-15-39(16-22-43)52(59)68-46-29-30-47(40(35-46)36-54)53(60)67-44-23-17-38(18-24-44)51(58)66-45-27-25-42(26-28-45)62-32-10-6-8-12-34-64-49(56)4-2/h3-4,13-14,19-20,25-30,35-36,38-39,43-44H,1-2,5-12,15-18,21-24,31-34H2/t38-,39-,43-,44-. The van der Waals surface area contributed by atoms with Crippen LogP contribution in [0.15, 0.2) is 92.0 Å². The molecule has 2 aliphatic rings. The molecule has 0 radical (unpaired) electrons. The first kappa shape index (κ1) is 52.2. The second-order valence-electron chi connectivity index (χ2n) is 16.7. The first-order valence-corrected chi connectivity index (χ1v) is 23.5. The molecule has 0 saturated heterocycles. The summed E-state index contributed by atoms with van der Waals surface area (Å²) in [5, 5.41) is 0. The molecule has 0 aromatic heterocycles. The van der Waals surface area contributed by atoms with Crippen molar-refractivity contribution in [3.63, 3.8) is 0 Å². The summed E-state index contributed by atoms with van der Waals surface area (Å²) in [5.41, 5.74) is 0.448. The Bertz CT molecular complexity index is 2150. The van der Waals surface area contributed by atoms with Gasteiger partial charge in [-0.05, 0) is 169 Å². The Morgan fingerprint density at radius 3 is 1.37 bits per heavy atom. The Morgan fingerprint density at radius 2 is 0.897 bits per heavy atom. The Kier molecular flexibility index (Phi) is 21.8. The highest BCUT2D eigenvalue weighted by Crippen LogP contribution is 2.32. The van der Waals surface area contributed by atoms with Gasteiger partial charge >= 0.3 is 35.8 Å². The third kappa shape index (κ3) is 17.8. The molecule has 0 spiro atoms. The monoisotopic (exact) mass is 938 g/mol. The summed E-state index contributed by atoms with van der Waals surface area (Å²) in [6.45, 7) is 8.53. The van der Waals surface area contributed by atoms with Crippen LogP contribution < -0.4 is 18.9 Å². The Balaban J connectivity index is 0.948. The van der Waals surface area contributed by atoms with Crippen molar-refractivity contribution < 1.29 is 71.5 Å². The highest BCUT2D eigenvalue weighted by Gasteiger charge is 2.32. The van der Waals surface area contributed by atoms with Crippen LogP contribution in [-0.4, -0.2) is 80.7 Å². The number of carbonyl (C=O) groups is 7. The predicted octanol–water partition coefficient (Wildman–Crippen LogP) is 9.48. The molecular weight excluding hydrogens is 877 g/mol. The molecule has 15 heteroatoms. The second-order valence-corrected chi connectivity index (χ2v) is 16.7. The number of hydrogen-bond donors (Lipinski definition) is 0. The number of benzene rings is 3. The van der Waals surface area contributed by atoms with E-state index in [0.29, 0.717) is 107 Å². The van der Waals surface area contributed by atoms with Crippen LogP contribution in [0.1, 0.15) is 134 Å². The van der Waals surface area contributed by atoms with Gasteiger partial charge in [-0.25, -0.2) is 19.2 Å². The SMILES string of the molecule is C=CC(=O)OCCCCCCOc1ccc(OC(=O)[C@H]2CC[C@H](OC(=O)c3ccc(OC(=O)[C@H]4CC[C@H](OC(=O)c5ccc(OCCCCCCOC(=O)C=C)cc5)CC4)cc3C=O)CC2)cc1. The van der Waals surface area contributed by atoms with Crippen molar-refractivity contribution in [1.29, 1.82) is 0 Å². The van der Waals surface area contributed by atoms with Crippen molar-refractivity contribution in [1.82, 2.24) is 0 Å². The molecule has 2 fully saturated rings. The molecule has 0 atom stereocenters. The van der Waals surface area contributed by atoms with Gasteiger partial charge in [0.15, 0.2) is 6.29 Å². The second kappa shape index (κ2) is 28.4. The first-order valence-electron chi connectivity index (χ1n) is 23.5. The molecule has 68 heavy (non-hydrogen) atoms. The molecule has 2 aliphatic carbocycles. The lowest BCUT2D eigenvalue weighted by atomic mass is 9.87. The molecule has 3 aromatic carbocycles. The van der Waals surface area contributed by atoms with Gasteiger partial charge in [0.1, 0.15) is 35.2 Å². The zero-order valence-corrected chi connectivity index (χ0v) is 38.6. The maximum absolute atomic E-state index is 13.2. The normalized spacial score (nSPS) is 17.6. The minimum atomic E-state index is -0.688. The fourth-order valence-electron chi connectivity index (χ4n) is 7.80. The Labute approximate surface area is 397 Å². The summed E-state index contributed by atoms with van der Waals surface area (Å²) < 4.78 is 44.2. The largest absolute Gasteiger partial charge is 0.494 e. The van der Waals surface area contributed by atoms with Crippen LogP contribution in [-0.2, 0) is 38.1 Å². The fourth-order valence-corrected chi connectivity index (χ4v) is 7.80. The Hall–Kier alpha value is -6.77. The summed E-state index contributed by atoms with van der Waals surface area (Å²) in [6, 6.07) is 17.8. The van der Waals surface area contributed by atoms with E-state index in [1.54, 1.807) is 48.5 Å². The van der Waals surface area contributed by atoms with Crippen LogP contribution in [0.4, 0.5) is 0 Å². The fraction of sp³-hybridized carbons (Fsp3) is 0.453. The van der Waals surface area contributed by atoms with Crippen molar-refractivity contribution in [3.05, 3.63) is 109 Å². The average molecular weight is 939 g/mol. The van der Waals surface area contributed by atoms with E-state index in [2.05, 4.69) is 13.2 Å². The van der Waals surface area contributed by atoms with E-state index in [4.69, 9.17) is 37.9 Å². The van der Waals surface area contributed by atoms with E-state index in [9.17, 15) is 33.6 Å². The maximum Gasteiger partial charge on any atom is 0.339 e. The molecule has 364 valence electrons. The highest BCUT2D eigenvalue weighted by molar-refractivity contribution is 5.99. The van der Waals surface area contributed by atoms with E-state index in [0.717, 1.165) is 63.5 Å². The summed E-state index contributed by atoms with van der Waals surface area (Å²) >= 11 is 0. The lowest BCUT2D eigenvalue weighted by Crippen LogP contribution is -2.30. The number of carbonyl (C=O) groups excluding carboxylic acids is 7. The van der Waals surface area contributed by atoms with Crippen LogP contribution in [0.2, 0.25) is 0 Å². The van der Waals surface area contributed by atoms with E-state index < -0.39 is 41.9 Å². The van der Waals surface area contributed by atoms with Crippen LogP contribution in [0.25, 0.3) is 0 Å². The topological polar surface area (TPSA) is 193 Å². The van der Waals surface area contributed by atoms with Gasteiger partial charge in [-0.15, -0.1) is 0 Å². The highest BCUT2D eigenvalue weighted by atomic mass is 16.6. The van der Waals surface area contributed by atoms with Crippen LogP contribution in [0.3, 0.4) is 0 Å². The van der Waals surface area contributed by atoms with Gasteiger partial charge in [0, 0.05) is 17.7 Å².